The van der Waals surface area contributed by atoms with Gasteiger partial charge in [-0.3, -0.25) is 4.79 Å². The molecule has 0 heterocycles. The molecule has 0 bridgehead atoms. The molecule has 0 saturated heterocycles. The maximum absolute atomic E-state index is 12.8. The number of ketones is 1. The molecule has 0 radical (unpaired) electrons. The average molecular weight is 244 g/mol. The number of benzene rings is 2. The van der Waals surface area contributed by atoms with Gasteiger partial charge < -0.3 is 5.11 Å². The molecule has 0 aromatic heterocycles. The Hall–Kier alpha value is -2.00. The predicted molar refractivity (Wildman–Crippen MR) is 66.9 cm³/mol. The molecule has 1 N–H and O–H groups in total. The van der Waals surface area contributed by atoms with E-state index in [1.54, 1.807) is 12.1 Å². The smallest absolute Gasteiger partial charge is 0.193 e. The first-order chi connectivity index (χ1) is 8.61. The van der Waals surface area contributed by atoms with Crippen LogP contribution in [0.1, 0.15) is 27.0 Å². The second kappa shape index (κ2) is 5.10. The predicted octanol–water partition coefficient (Wildman–Crippen LogP) is 2.86. The average Bonchev–Trinajstić information content (AvgIpc) is 2.38. The minimum Gasteiger partial charge on any atom is -0.392 e. The Morgan fingerprint density at radius 2 is 1.83 bits per heavy atom. The van der Waals surface area contributed by atoms with Crippen LogP contribution in [0, 0.1) is 12.7 Å². The van der Waals surface area contributed by atoms with Gasteiger partial charge in [0.15, 0.2) is 5.78 Å². The highest BCUT2D eigenvalue weighted by molar-refractivity contribution is 6.09. The minimum atomic E-state index is -0.377. The fourth-order valence-electron chi connectivity index (χ4n) is 1.83. The summed E-state index contributed by atoms with van der Waals surface area (Å²) in [5.41, 5.74) is 2.43. The van der Waals surface area contributed by atoms with E-state index in [9.17, 15) is 14.3 Å². The van der Waals surface area contributed by atoms with Crippen molar-refractivity contribution in [3.8, 4) is 0 Å². The lowest BCUT2D eigenvalue weighted by atomic mass is 9.97. The van der Waals surface area contributed by atoms with Gasteiger partial charge in [0.05, 0.1) is 6.61 Å². The van der Waals surface area contributed by atoms with Gasteiger partial charge in [0.25, 0.3) is 0 Å². The molecule has 0 unspecified atom stereocenters. The fraction of sp³-hybridized carbons (Fsp3) is 0.133. The summed E-state index contributed by atoms with van der Waals surface area (Å²) in [5, 5.41) is 9.27. The first-order valence-corrected chi connectivity index (χ1v) is 5.62. The van der Waals surface area contributed by atoms with Crippen LogP contribution in [0.2, 0.25) is 0 Å². The lowest BCUT2D eigenvalue weighted by Crippen LogP contribution is -2.06. The molecule has 0 amide bonds. The summed E-state index contributed by atoms with van der Waals surface area (Å²) in [6.45, 7) is 1.70. The van der Waals surface area contributed by atoms with Crippen LogP contribution in [0.5, 0.6) is 0 Å². The van der Waals surface area contributed by atoms with E-state index in [2.05, 4.69) is 0 Å². The number of halogens is 1. The molecule has 0 aliphatic rings. The van der Waals surface area contributed by atoms with Crippen molar-refractivity contribution in [1.82, 2.24) is 0 Å². The minimum absolute atomic E-state index is 0.191. The third-order valence-corrected chi connectivity index (χ3v) is 2.78. The third-order valence-electron chi connectivity index (χ3n) is 2.78. The van der Waals surface area contributed by atoms with Crippen LogP contribution in [-0.4, -0.2) is 10.9 Å². The Morgan fingerprint density at radius 1 is 1.17 bits per heavy atom. The molecule has 0 fully saturated rings. The van der Waals surface area contributed by atoms with Crippen LogP contribution in [-0.2, 0) is 6.61 Å². The van der Waals surface area contributed by atoms with E-state index < -0.39 is 0 Å². The van der Waals surface area contributed by atoms with Gasteiger partial charge >= 0.3 is 0 Å². The molecule has 3 heteroatoms. The van der Waals surface area contributed by atoms with E-state index in [4.69, 9.17) is 0 Å². The van der Waals surface area contributed by atoms with Crippen molar-refractivity contribution in [3.63, 3.8) is 0 Å². The number of hydrogen-bond donors (Lipinski definition) is 1. The molecule has 18 heavy (non-hydrogen) atoms. The number of hydrogen-bond acceptors (Lipinski definition) is 2. The molecular weight excluding hydrogens is 231 g/mol. The summed E-state index contributed by atoms with van der Waals surface area (Å²) >= 11 is 0. The quantitative estimate of drug-likeness (QED) is 0.843. The summed E-state index contributed by atoms with van der Waals surface area (Å²) in [5.74, 6) is -0.586. The summed E-state index contributed by atoms with van der Waals surface area (Å²) in [6.07, 6.45) is 0. The molecule has 0 saturated carbocycles. The van der Waals surface area contributed by atoms with Gasteiger partial charge in [-0.1, -0.05) is 23.8 Å². The molecular formula is C15H13FO2. The van der Waals surface area contributed by atoms with Crippen molar-refractivity contribution in [2.24, 2.45) is 0 Å². The third kappa shape index (κ3) is 2.46. The van der Waals surface area contributed by atoms with Gasteiger partial charge in [-0.05, 0) is 36.8 Å². The van der Waals surface area contributed by atoms with Crippen LogP contribution in [0.3, 0.4) is 0 Å². The Morgan fingerprint density at radius 3 is 2.44 bits per heavy atom. The number of aliphatic hydroxyl groups excluding tert-OH is 1. The number of rotatable bonds is 3. The van der Waals surface area contributed by atoms with E-state index in [0.29, 0.717) is 16.7 Å². The summed E-state index contributed by atoms with van der Waals surface area (Å²) in [6, 6.07) is 10.7. The normalized spacial score (nSPS) is 10.4. The fourth-order valence-corrected chi connectivity index (χ4v) is 1.83. The van der Waals surface area contributed by atoms with Crippen molar-refractivity contribution in [2.75, 3.05) is 0 Å². The highest BCUT2D eigenvalue weighted by Gasteiger charge is 2.13. The number of aryl methyl sites for hydroxylation is 1. The highest BCUT2D eigenvalue weighted by atomic mass is 19.1. The molecule has 2 aromatic rings. The Balaban J connectivity index is 2.42. The van der Waals surface area contributed by atoms with Crippen LogP contribution >= 0.6 is 0 Å². The molecule has 0 spiro atoms. The zero-order chi connectivity index (χ0) is 13.1. The maximum atomic E-state index is 12.8. The van der Waals surface area contributed by atoms with Crippen molar-refractivity contribution < 1.29 is 14.3 Å². The van der Waals surface area contributed by atoms with Gasteiger partial charge in [0.2, 0.25) is 0 Å². The van der Waals surface area contributed by atoms with Gasteiger partial charge in [0, 0.05) is 11.1 Å². The van der Waals surface area contributed by atoms with Gasteiger partial charge in [-0.2, -0.15) is 0 Å². The van der Waals surface area contributed by atoms with E-state index in [0.717, 1.165) is 5.56 Å². The van der Waals surface area contributed by atoms with Gasteiger partial charge in [-0.15, -0.1) is 0 Å². The Kier molecular flexibility index (Phi) is 3.53. The molecule has 2 nitrogen and oxygen atoms in total. The molecule has 0 aliphatic heterocycles. The Bertz CT molecular complexity index is 574. The number of aliphatic hydroxyl groups is 1. The number of carbonyl (C=O) groups is 1. The SMILES string of the molecule is Cc1ccc(C(=O)c2ccc(F)cc2)c(CO)c1. The molecule has 92 valence electrons. The summed E-state index contributed by atoms with van der Waals surface area (Å²) in [7, 11) is 0. The standard InChI is InChI=1S/C15H13FO2/c1-10-2-7-14(12(8-10)9-17)15(18)11-3-5-13(16)6-4-11/h2-8,17H,9H2,1H3. The maximum Gasteiger partial charge on any atom is 0.193 e. The molecule has 0 aliphatic carbocycles. The first-order valence-electron chi connectivity index (χ1n) is 5.62. The van der Waals surface area contributed by atoms with Gasteiger partial charge in [0.1, 0.15) is 5.82 Å². The van der Waals surface area contributed by atoms with E-state index >= 15 is 0 Å². The Labute approximate surface area is 105 Å². The first kappa shape index (κ1) is 12.5. The monoisotopic (exact) mass is 244 g/mol. The zero-order valence-corrected chi connectivity index (χ0v) is 9.98. The molecule has 2 aromatic carbocycles. The highest BCUT2D eigenvalue weighted by Crippen LogP contribution is 2.17. The largest absolute Gasteiger partial charge is 0.392 e. The van der Waals surface area contributed by atoms with Crippen molar-refractivity contribution in [1.29, 1.82) is 0 Å². The topological polar surface area (TPSA) is 37.3 Å². The second-order valence-electron chi connectivity index (χ2n) is 4.15. The van der Waals surface area contributed by atoms with Crippen LogP contribution in [0.15, 0.2) is 42.5 Å². The van der Waals surface area contributed by atoms with Gasteiger partial charge in [-0.25, -0.2) is 4.39 Å². The van der Waals surface area contributed by atoms with Crippen LogP contribution in [0.25, 0.3) is 0 Å². The van der Waals surface area contributed by atoms with Crippen LogP contribution < -0.4 is 0 Å². The zero-order valence-electron chi connectivity index (χ0n) is 9.98. The van der Waals surface area contributed by atoms with Crippen molar-refractivity contribution in [3.05, 3.63) is 70.5 Å². The molecule has 0 atom stereocenters. The summed E-state index contributed by atoms with van der Waals surface area (Å²) < 4.78 is 12.8. The lowest BCUT2D eigenvalue weighted by Gasteiger charge is -2.07. The van der Waals surface area contributed by atoms with E-state index in [-0.39, 0.29) is 18.2 Å². The van der Waals surface area contributed by atoms with Crippen molar-refractivity contribution >= 4 is 5.78 Å². The second-order valence-corrected chi connectivity index (χ2v) is 4.15. The number of carbonyl (C=O) groups excluding carboxylic acids is 1. The van der Waals surface area contributed by atoms with Crippen molar-refractivity contribution in [2.45, 2.75) is 13.5 Å². The lowest BCUT2D eigenvalue weighted by molar-refractivity contribution is 0.103. The summed E-state index contributed by atoms with van der Waals surface area (Å²) in [4.78, 5) is 12.2. The van der Waals surface area contributed by atoms with E-state index in [1.165, 1.54) is 24.3 Å². The van der Waals surface area contributed by atoms with Crippen LogP contribution in [0.4, 0.5) is 4.39 Å². The molecule has 2 rings (SSSR count). The van der Waals surface area contributed by atoms with E-state index in [1.807, 2.05) is 13.0 Å².